The van der Waals surface area contributed by atoms with Gasteiger partial charge in [0, 0.05) is 23.1 Å². The van der Waals surface area contributed by atoms with Gasteiger partial charge in [-0.2, -0.15) is 0 Å². The van der Waals surface area contributed by atoms with E-state index in [2.05, 4.69) is 24.5 Å². The van der Waals surface area contributed by atoms with E-state index < -0.39 is 0 Å². The maximum atomic E-state index is 12.0. The third-order valence-electron chi connectivity index (χ3n) is 3.48. The molecule has 1 aromatic rings. The van der Waals surface area contributed by atoms with E-state index in [1.54, 1.807) is 0 Å². The highest BCUT2D eigenvalue weighted by molar-refractivity contribution is 6.31. The fraction of sp³-hybridized carbons (Fsp3) is 0.533. The molecule has 2 atom stereocenters. The Morgan fingerprint density at radius 3 is 2.58 bits per heavy atom. The summed E-state index contributed by atoms with van der Waals surface area (Å²) in [5.41, 5.74) is 0.884. The van der Waals surface area contributed by atoms with E-state index in [1.165, 1.54) is 0 Å². The summed E-state index contributed by atoms with van der Waals surface area (Å²) in [5.74, 6) is 0.0494. The molecule has 1 amide bonds. The number of carbonyl (C=O) groups excluding carboxylic acids is 1. The molecule has 0 aliphatic heterocycles. The summed E-state index contributed by atoms with van der Waals surface area (Å²) in [6.07, 6.45) is 2.54. The molecule has 0 bridgehead atoms. The lowest BCUT2D eigenvalue weighted by Gasteiger charge is -2.39. The molecule has 1 aromatic carbocycles. The number of nitrogens with one attached hydrogen (secondary N) is 2. The van der Waals surface area contributed by atoms with Crippen LogP contribution in [0.25, 0.3) is 0 Å². The normalized spacial score (nSPS) is 22.1. The van der Waals surface area contributed by atoms with Gasteiger partial charge in [0.25, 0.3) is 0 Å². The number of rotatable bonds is 5. The lowest BCUT2D eigenvalue weighted by molar-refractivity contribution is -0.122. The summed E-state index contributed by atoms with van der Waals surface area (Å²) in [6.45, 7) is 4.25. The van der Waals surface area contributed by atoms with Crippen LogP contribution in [0, 0.1) is 0 Å². The number of benzene rings is 1. The largest absolute Gasteiger partial charge is 0.352 e. The lowest BCUT2D eigenvalue weighted by Crippen LogP contribution is -2.58. The minimum atomic E-state index is 0.0494. The second-order valence-electron chi connectivity index (χ2n) is 5.45. The molecule has 0 heterocycles. The Hall–Kier alpha value is -1.06. The molecular formula is C15H21ClN2O. The molecule has 0 spiro atoms. The molecule has 0 saturated heterocycles. The summed E-state index contributed by atoms with van der Waals surface area (Å²) in [4.78, 5) is 12.0. The predicted octanol–water partition coefficient (Wildman–Crippen LogP) is 2.53. The molecule has 1 aliphatic rings. The topological polar surface area (TPSA) is 41.1 Å². The number of hydrogen-bond donors (Lipinski definition) is 2. The van der Waals surface area contributed by atoms with E-state index in [1.807, 2.05) is 24.3 Å². The maximum Gasteiger partial charge on any atom is 0.224 e. The van der Waals surface area contributed by atoms with Crippen molar-refractivity contribution in [1.29, 1.82) is 0 Å². The van der Waals surface area contributed by atoms with Crippen LogP contribution in [-0.2, 0) is 11.2 Å². The summed E-state index contributed by atoms with van der Waals surface area (Å²) >= 11 is 6.06. The average molecular weight is 281 g/mol. The van der Waals surface area contributed by atoms with E-state index in [-0.39, 0.29) is 11.9 Å². The van der Waals surface area contributed by atoms with Crippen molar-refractivity contribution in [3.05, 3.63) is 34.9 Å². The van der Waals surface area contributed by atoms with Crippen molar-refractivity contribution >= 4 is 17.5 Å². The first kappa shape index (κ1) is 14.4. The Morgan fingerprint density at radius 2 is 2.00 bits per heavy atom. The van der Waals surface area contributed by atoms with E-state index in [4.69, 9.17) is 11.6 Å². The zero-order chi connectivity index (χ0) is 13.8. The molecule has 0 radical (unpaired) electrons. The van der Waals surface area contributed by atoms with Crippen LogP contribution in [0.4, 0.5) is 0 Å². The first-order chi connectivity index (χ1) is 9.06. The lowest BCUT2D eigenvalue weighted by atomic mass is 9.85. The molecule has 2 unspecified atom stereocenters. The van der Waals surface area contributed by atoms with Crippen LogP contribution in [0.3, 0.4) is 0 Å². The minimum absolute atomic E-state index is 0.0494. The monoisotopic (exact) mass is 280 g/mol. The average Bonchev–Trinajstić information content (AvgIpc) is 2.35. The molecule has 4 heteroatoms. The van der Waals surface area contributed by atoms with Gasteiger partial charge in [-0.15, -0.1) is 0 Å². The Labute approximate surface area is 119 Å². The smallest absolute Gasteiger partial charge is 0.224 e. The summed E-state index contributed by atoms with van der Waals surface area (Å²) in [5, 5.41) is 7.21. The van der Waals surface area contributed by atoms with Gasteiger partial charge in [-0.1, -0.05) is 43.6 Å². The third-order valence-corrected chi connectivity index (χ3v) is 3.85. The summed E-state index contributed by atoms with van der Waals surface area (Å²) < 4.78 is 0. The molecule has 2 rings (SSSR count). The van der Waals surface area contributed by atoms with Crippen molar-refractivity contribution in [2.75, 3.05) is 0 Å². The number of halogens is 1. The zero-order valence-corrected chi connectivity index (χ0v) is 12.2. The Balaban J connectivity index is 1.83. The maximum absolute atomic E-state index is 12.0. The number of carbonyl (C=O) groups is 1. The molecule has 19 heavy (non-hydrogen) atoms. The van der Waals surface area contributed by atoms with E-state index in [9.17, 15) is 4.79 Å². The molecular weight excluding hydrogens is 260 g/mol. The van der Waals surface area contributed by atoms with Crippen LogP contribution >= 0.6 is 11.6 Å². The third kappa shape index (κ3) is 3.95. The van der Waals surface area contributed by atoms with Crippen molar-refractivity contribution in [3.63, 3.8) is 0 Å². The van der Waals surface area contributed by atoms with E-state index >= 15 is 0 Å². The zero-order valence-electron chi connectivity index (χ0n) is 11.4. The van der Waals surface area contributed by atoms with Crippen molar-refractivity contribution < 1.29 is 4.79 Å². The number of amides is 1. The second-order valence-corrected chi connectivity index (χ2v) is 5.85. The first-order valence-electron chi connectivity index (χ1n) is 6.85. The molecule has 104 valence electrons. The standard InChI is InChI=1S/C15H21ClN2O/c1-10(2)17-13-7-8-14(13)18-15(19)9-11-5-3-4-6-12(11)16/h3-6,10,13-14,17H,7-9H2,1-2H3,(H,18,19). The highest BCUT2D eigenvalue weighted by atomic mass is 35.5. The van der Waals surface area contributed by atoms with Gasteiger partial charge in [-0.3, -0.25) is 4.79 Å². The fourth-order valence-electron chi connectivity index (χ4n) is 2.37. The highest BCUT2D eigenvalue weighted by Crippen LogP contribution is 2.21. The summed E-state index contributed by atoms with van der Waals surface area (Å²) in [6, 6.07) is 8.61. The van der Waals surface area contributed by atoms with Crippen LogP contribution < -0.4 is 10.6 Å². The van der Waals surface area contributed by atoms with Gasteiger partial charge in [0.1, 0.15) is 0 Å². The minimum Gasteiger partial charge on any atom is -0.352 e. The van der Waals surface area contributed by atoms with Gasteiger partial charge in [-0.25, -0.2) is 0 Å². The van der Waals surface area contributed by atoms with Gasteiger partial charge in [0.2, 0.25) is 5.91 Å². The molecule has 0 aromatic heterocycles. The Kier molecular flexibility index (Phi) is 4.83. The molecule has 2 N–H and O–H groups in total. The van der Waals surface area contributed by atoms with E-state index in [0.29, 0.717) is 23.5 Å². The Bertz CT molecular complexity index is 448. The van der Waals surface area contributed by atoms with Crippen LogP contribution in [0.1, 0.15) is 32.3 Å². The highest BCUT2D eigenvalue weighted by Gasteiger charge is 2.32. The van der Waals surface area contributed by atoms with Crippen molar-refractivity contribution in [2.24, 2.45) is 0 Å². The Morgan fingerprint density at radius 1 is 1.32 bits per heavy atom. The van der Waals surface area contributed by atoms with Gasteiger partial charge < -0.3 is 10.6 Å². The second kappa shape index (κ2) is 6.40. The molecule has 1 fully saturated rings. The van der Waals surface area contributed by atoms with Crippen LogP contribution in [-0.4, -0.2) is 24.0 Å². The van der Waals surface area contributed by atoms with Gasteiger partial charge in [0.15, 0.2) is 0 Å². The van der Waals surface area contributed by atoms with Crippen LogP contribution in [0.2, 0.25) is 5.02 Å². The van der Waals surface area contributed by atoms with Gasteiger partial charge in [0.05, 0.1) is 6.42 Å². The van der Waals surface area contributed by atoms with Crippen molar-refractivity contribution in [2.45, 2.75) is 51.2 Å². The van der Waals surface area contributed by atoms with Gasteiger partial charge in [-0.05, 0) is 24.5 Å². The van der Waals surface area contributed by atoms with Crippen LogP contribution in [0.15, 0.2) is 24.3 Å². The van der Waals surface area contributed by atoms with Gasteiger partial charge >= 0.3 is 0 Å². The summed E-state index contributed by atoms with van der Waals surface area (Å²) in [7, 11) is 0. The van der Waals surface area contributed by atoms with Crippen molar-refractivity contribution in [3.8, 4) is 0 Å². The molecule has 1 aliphatic carbocycles. The molecule has 3 nitrogen and oxygen atoms in total. The van der Waals surface area contributed by atoms with Crippen molar-refractivity contribution in [1.82, 2.24) is 10.6 Å². The van der Waals surface area contributed by atoms with E-state index in [0.717, 1.165) is 18.4 Å². The molecule has 1 saturated carbocycles. The first-order valence-corrected chi connectivity index (χ1v) is 7.23. The SMILES string of the molecule is CC(C)NC1CCC1NC(=O)Cc1ccccc1Cl. The predicted molar refractivity (Wildman–Crippen MR) is 78.4 cm³/mol. The quantitative estimate of drug-likeness (QED) is 0.870. The number of hydrogen-bond acceptors (Lipinski definition) is 2. The van der Waals surface area contributed by atoms with Crippen LogP contribution in [0.5, 0.6) is 0 Å². The fourth-order valence-corrected chi connectivity index (χ4v) is 2.58.